The lowest BCUT2D eigenvalue weighted by atomic mass is 10.1. The van der Waals surface area contributed by atoms with E-state index >= 15 is 0 Å². The molecule has 1 fully saturated rings. The Bertz CT molecular complexity index is 807. The summed E-state index contributed by atoms with van der Waals surface area (Å²) in [7, 11) is 0. The van der Waals surface area contributed by atoms with Gasteiger partial charge in [0.25, 0.3) is 0 Å². The number of rotatable bonds is 6. The van der Waals surface area contributed by atoms with Crippen LogP contribution in [0.25, 0.3) is 0 Å². The molecular weight excluding hydrogens is 348 g/mol. The van der Waals surface area contributed by atoms with E-state index < -0.39 is 0 Å². The highest BCUT2D eigenvalue weighted by atomic mass is 35.5. The van der Waals surface area contributed by atoms with Crippen molar-refractivity contribution < 1.29 is 14.3 Å². The first-order valence-electron chi connectivity index (χ1n) is 8.70. The van der Waals surface area contributed by atoms with Gasteiger partial charge >= 0.3 is 5.97 Å². The van der Waals surface area contributed by atoms with Gasteiger partial charge in [0.1, 0.15) is 18.1 Å². The molecule has 0 amide bonds. The van der Waals surface area contributed by atoms with Gasteiger partial charge in [-0.05, 0) is 48.1 Å². The largest absolute Gasteiger partial charge is 0.461 e. The van der Waals surface area contributed by atoms with Crippen LogP contribution >= 0.6 is 11.6 Å². The maximum Gasteiger partial charge on any atom is 0.310 e. The summed E-state index contributed by atoms with van der Waals surface area (Å²) in [5.41, 5.74) is 0.789. The average molecular weight is 371 g/mol. The van der Waals surface area contributed by atoms with E-state index in [-0.39, 0.29) is 29.8 Å². The van der Waals surface area contributed by atoms with E-state index in [1.165, 1.54) is 0 Å². The van der Waals surface area contributed by atoms with Crippen LogP contribution in [0.3, 0.4) is 0 Å². The van der Waals surface area contributed by atoms with Crippen molar-refractivity contribution in [1.29, 1.82) is 0 Å². The molecule has 1 aliphatic carbocycles. The van der Waals surface area contributed by atoms with Gasteiger partial charge in [0.15, 0.2) is 0 Å². The van der Waals surface area contributed by atoms with Crippen LogP contribution in [-0.4, -0.2) is 5.97 Å². The molecule has 0 radical (unpaired) electrons. The molecule has 4 heteroatoms. The molecule has 2 atom stereocenters. The Morgan fingerprint density at radius 3 is 2.50 bits per heavy atom. The third-order valence-electron chi connectivity index (χ3n) is 4.83. The van der Waals surface area contributed by atoms with Crippen LogP contribution in [0.15, 0.2) is 65.7 Å². The molecule has 1 aliphatic rings. The van der Waals surface area contributed by atoms with Gasteiger partial charge in [-0.15, -0.1) is 0 Å². The van der Waals surface area contributed by atoms with E-state index in [1.807, 2.05) is 67.6 Å². The first kappa shape index (κ1) is 18.5. The number of ether oxygens (including phenoxy) is 2. The molecule has 2 aromatic rings. The molecular formula is C22H23ClO3. The molecule has 2 unspecified atom stereocenters. The number of carbonyl (C=O) groups excluding carboxylic acids is 1. The van der Waals surface area contributed by atoms with Gasteiger partial charge < -0.3 is 9.47 Å². The van der Waals surface area contributed by atoms with Crippen LogP contribution in [0.5, 0.6) is 11.5 Å². The molecule has 3 nitrogen and oxygen atoms in total. The Morgan fingerprint density at radius 1 is 1.12 bits per heavy atom. The summed E-state index contributed by atoms with van der Waals surface area (Å²) in [4.78, 5) is 12.4. The van der Waals surface area contributed by atoms with Crippen molar-refractivity contribution in [3.05, 3.63) is 71.3 Å². The lowest BCUT2D eigenvalue weighted by Crippen LogP contribution is -2.10. The number of benzene rings is 2. The van der Waals surface area contributed by atoms with Crippen molar-refractivity contribution in [2.45, 2.75) is 27.4 Å². The van der Waals surface area contributed by atoms with Crippen LogP contribution in [0, 0.1) is 17.3 Å². The van der Waals surface area contributed by atoms with Crippen molar-refractivity contribution >= 4 is 17.6 Å². The number of hydrogen-bond donors (Lipinski definition) is 0. The highest BCUT2D eigenvalue weighted by Crippen LogP contribution is 2.60. The fourth-order valence-corrected chi connectivity index (χ4v) is 3.39. The molecule has 136 valence electrons. The first-order valence-corrected chi connectivity index (χ1v) is 9.08. The number of halogens is 1. The van der Waals surface area contributed by atoms with Gasteiger partial charge in [-0.3, -0.25) is 4.79 Å². The summed E-state index contributed by atoms with van der Waals surface area (Å²) in [6, 6.07) is 17.2. The third kappa shape index (κ3) is 4.28. The van der Waals surface area contributed by atoms with Crippen LogP contribution in [0.1, 0.15) is 26.3 Å². The number of hydrogen-bond acceptors (Lipinski definition) is 3. The molecule has 2 aromatic carbocycles. The fourth-order valence-electron chi connectivity index (χ4n) is 3.25. The smallest absolute Gasteiger partial charge is 0.310 e. The number of allylic oxidation sites excluding steroid dienone is 2. The summed E-state index contributed by atoms with van der Waals surface area (Å²) in [5, 5.41) is 0.712. The van der Waals surface area contributed by atoms with E-state index in [1.54, 1.807) is 0 Å². The number of para-hydroxylation sites is 1. The SMILES string of the molecule is CC(Cl)=CC1C(C(=O)OCc2cccc(Oc3ccccc3)c2)C1(C)C. The molecule has 0 heterocycles. The minimum atomic E-state index is -0.177. The Morgan fingerprint density at radius 2 is 1.81 bits per heavy atom. The zero-order valence-electron chi connectivity index (χ0n) is 15.2. The molecule has 3 rings (SSSR count). The van der Waals surface area contributed by atoms with E-state index in [0.29, 0.717) is 5.03 Å². The summed E-state index contributed by atoms with van der Waals surface area (Å²) >= 11 is 5.96. The fraction of sp³-hybridized carbons (Fsp3) is 0.318. The van der Waals surface area contributed by atoms with Gasteiger partial charge in [-0.25, -0.2) is 0 Å². The molecule has 0 saturated heterocycles. The molecule has 0 aliphatic heterocycles. The topological polar surface area (TPSA) is 35.5 Å². The van der Waals surface area contributed by atoms with Crippen molar-refractivity contribution in [3.63, 3.8) is 0 Å². The summed E-state index contributed by atoms with van der Waals surface area (Å²) in [5.74, 6) is 1.31. The molecule has 0 N–H and O–H groups in total. The van der Waals surface area contributed by atoms with Gasteiger partial charge in [0.2, 0.25) is 0 Å². The monoisotopic (exact) mass is 370 g/mol. The second kappa shape index (κ2) is 7.55. The van der Waals surface area contributed by atoms with Gasteiger partial charge in [-0.1, -0.05) is 61.9 Å². The second-order valence-electron chi connectivity index (χ2n) is 7.25. The van der Waals surface area contributed by atoms with E-state index in [9.17, 15) is 4.79 Å². The summed E-state index contributed by atoms with van der Waals surface area (Å²) in [6.07, 6.45) is 1.95. The zero-order chi connectivity index (χ0) is 18.7. The van der Waals surface area contributed by atoms with Crippen LogP contribution in [0.4, 0.5) is 0 Å². The highest BCUT2D eigenvalue weighted by molar-refractivity contribution is 6.29. The maximum atomic E-state index is 12.4. The lowest BCUT2D eigenvalue weighted by Gasteiger charge is -2.09. The van der Waals surface area contributed by atoms with E-state index in [0.717, 1.165) is 17.1 Å². The maximum absolute atomic E-state index is 12.4. The minimum absolute atomic E-state index is 0.106. The number of carbonyl (C=O) groups is 1. The summed E-state index contributed by atoms with van der Waals surface area (Å²) in [6.45, 7) is 6.19. The molecule has 1 saturated carbocycles. The van der Waals surface area contributed by atoms with E-state index in [4.69, 9.17) is 21.1 Å². The Balaban J connectivity index is 1.59. The first-order chi connectivity index (χ1) is 12.4. The Kier molecular flexibility index (Phi) is 5.38. The van der Waals surface area contributed by atoms with Crippen LogP contribution < -0.4 is 4.74 Å². The zero-order valence-corrected chi connectivity index (χ0v) is 16.0. The highest BCUT2D eigenvalue weighted by Gasteiger charge is 2.61. The van der Waals surface area contributed by atoms with Crippen molar-refractivity contribution in [3.8, 4) is 11.5 Å². The third-order valence-corrected chi connectivity index (χ3v) is 4.96. The quantitative estimate of drug-likeness (QED) is 0.590. The van der Waals surface area contributed by atoms with Gasteiger partial charge in [0.05, 0.1) is 5.92 Å². The van der Waals surface area contributed by atoms with Crippen molar-refractivity contribution in [1.82, 2.24) is 0 Å². The van der Waals surface area contributed by atoms with Crippen LogP contribution in [0.2, 0.25) is 0 Å². The molecule has 26 heavy (non-hydrogen) atoms. The lowest BCUT2D eigenvalue weighted by molar-refractivity contribution is -0.147. The average Bonchev–Trinajstić information content (AvgIpc) is 3.13. The van der Waals surface area contributed by atoms with Crippen molar-refractivity contribution in [2.75, 3.05) is 0 Å². The van der Waals surface area contributed by atoms with Gasteiger partial charge in [-0.2, -0.15) is 0 Å². The minimum Gasteiger partial charge on any atom is -0.461 e. The molecule has 0 aromatic heterocycles. The number of esters is 1. The van der Waals surface area contributed by atoms with Gasteiger partial charge in [0, 0.05) is 5.03 Å². The molecule has 0 spiro atoms. The normalized spacial score (nSPS) is 21.2. The standard InChI is InChI=1S/C22H23ClO3/c1-15(23)12-19-20(22(19,2)3)21(24)25-14-16-8-7-11-18(13-16)26-17-9-5-4-6-10-17/h4-13,19-20H,14H2,1-3H3. The Labute approximate surface area is 159 Å². The molecule has 0 bridgehead atoms. The predicted molar refractivity (Wildman–Crippen MR) is 103 cm³/mol. The van der Waals surface area contributed by atoms with Crippen molar-refractivity contribution in [2.24, 2.45) is 17.3 Å². The summed E-state index contributed by atoms with van der Waals surface area (Å²) < 4.78 is 11.4. The predicted octanol–water partition coefficient (Wildman–Crippen LogP) is 5.94. The second-order valence-corrected chi connectivity index (χ2v) is 7.84. The van der Waals surface area contributed by atoms with Crippen LogP contribution in [-0.2, 0) is 16.1 Å². The Hall–Kier alpha value is -2.26. The van der Waals surface area contributed by atoms with E-state index in [2.05, 4.69) is 13.8 Å².